The minimum atomic E-state index is -3.87. The lowest BCUT2D eigenvalue weighted by molar-refractivity contribution is 0.101. The molecule has 0 N–H and O–H groups in total. The summed E-state index contributed by atoms with van der Waals surface area (Å²) in [6.45, 7) is 3.84. The first-order valence-corrected chi connectivity index (χ1v) is 10.5. The molecule has 0 saturated carbocycles. The number of hydrogen-bond acceptors (Lipinski definition) is 4. The summed E-state index contributed by atoms with van der Waals surface area (Å²) in [5.41, 5.74) is 2.27. The van der Waals surface area contributed by atoms with E-state index in [1.54, 1.807) is 24.3 Å². The van der Waals surface area contributed by atoms with Gasteiger partial charge in [-0.2, -0.15) is 0 Å². The van der Waals surface area contributed by atoms with E-state index in [1.807, 2.05) is 38.1 Å². The Morgan fingerprint density at radius 3 is 1.64 bits per heavy atom. The molecule has 0 atom stereocenters. The van der Waals surface area contributed by atoms with Crippen LogP contribution in [0.15, 0.2) is 72.8 Å². The summed E-state index contributed by atoms with van der Waals surface area (Å²) in [7, 11) is -3.87. The average Bonchev–Trinajstić information content (AvgIpc) is 2.66. The van der Waals surface area contributed by atoms with Gasteiger partial charge in [-0.3, -0.25) is 4.79 Å². The second kappa shape index (κ2) is 8.41. The molecule has 4 nitrogen and oxygen atoms in total. The third kappa shape index (κ3) is 5.30. The zero-order chi connectivity index (χ0) is 20.1. The van der Waals surface area contributed by atoms with E-state index in [1.165, 1.54) is 24.3 Å². The normalized spacial score (nSPS) is 11.1. The molecule has 28 heavy (non-hydrogen) atoms. The largest absolute Gasteiger partial charge is 0.438 e. The molecule has 0 amide bonds. The highest BCUT2D eigenvalue weighted by Gasteiger charge is 2.32. The van der Waals surface area contributed by atoms with Gasteiger partial charge in [-0.1, -0.05) is 35.4 Å². The van der Waals surface area contributed by atoms with Gasteiger partial charge in [0.1, 0.15) is 23.5 Å². The van der Waals surface area contributed by atoms with Crippen LogP contribution in [0, 0.1) is 19.7 Å². The maximum absolute atomic E-state index is 13.4. The lowest BCUT2D eigenvalue weighted by atomic mass is 10.1. The summed E-state index contributed by atoms with van der Waals surface area (Å²) in [6.07, 6.45) is -0.472. The van der Waals surface area contributed by atoms with Crippen molar-refractivity contribution in [3.05, 3.63) is 95.3 Å². The van der Waals surface area contributed by atoms with Crippen LogP contribution in [0.2, 0.25) is 0 Å². The van der Waals surface area contributed by atoms with Crippen LogP contribution in [0.3, 0.4) is 0 Å². The average molecular weight is 398 g/mol. The molecule has 0 saturated heterocycles. The summed E-state index contributed by atoms with van der Waals surface area (Å²) in [6, 6.07) is 19.0. The molecule has 0 unspecified atom stereocenters. The zero-order valence-corrected chi connectivity index (χ0v) is 16.5. The number of carbonyl (C=O) groups excluding carboxylic acids is 1. The van der Waals surface area contributed by atoms with Gasteiger partial charge in [0, 0.05) is 5.56 Å². The van der Waals surface area contributed by atoms with E-state index in [0.717, 1.165) is 11.1 Å². The fraction of sp³-hybridized carbons (Fsp3) is 0.136. The van der Waals surface area contributed by atoms with E-state index in [2.05, 4.69) is 0 Å². The summed E-state index contributed by atoms with van der Waals surface area (Å²) in [4.78, 5) is 12.6. The van der Waals surface area contributed by atoms with E-state index < -0.39 is 25.4 Å². The van der Waals surface area contributed by atoms with Gasteiger partial charge in [0.25, 0.3) is 0 Å². The highest BCUT2D eigenvalue weighted by atomic mass is 31.2. The van der Waals surface area contributed by atoms with Gasteiger partial charge >= 0.3 is 7.60 Å². The van der Waals surface area contributed by atoms with Crippen LogP contribution in [-0.4, -0.2) is 11.9 Å². The summed E-state index contributed by atoms with van der Waals surface area (Å²) in [5.74, 6) is -0.227. The molecular weight excluding hydrogens is 378 g/mol. The van der Waals surface area contributed by atoms with Crippen LogP contribution in [0.25, 0.3) is 0 Å². The summed E-state index contributed by atoms with van der Waals surface area (Å²) < 4.78 is 37.8. The van der Waals surface area contributed by atoms with Crippen molar-refractivity contribution in [3.8, 4) is 11.5 Å². The molecule has 6 heteroatoms. The molecule has 0 aliphatic heterocycles. The lowest BCUT2D eigenvalue weighted by Gasteiger charge is -2.20. The smallest absolute Gasteiger partial charge is 0.416 e. The van der Waals surface area contributed by atoms with Gasteiger partial charge in [0.05, 0.1) is 0 Å². The van der Waals surface area contributed by atoms with E-state index >= 15 is 0 Å². The topological polar surface area (TPSA) is 52.6 Å². The summed E-state index contributed by atoms with van der Waals surface area (Å²) >= 11 is 0. The van der Waals surface area contributed by atoms with Crippen molar-refractivity contribution in [1.29, 1.82) is 0 Å². The number of Topliss-reactive ketones (excluding diaryl/α,β-unsaturated/α-hetero) is 1. The van der Waals surface area contributed by atoms with Crippen LogP contribution in [0.5, 0.6) is 11.5 Å². The van der Waals surface area contributed by atoms with Crippen LogP contribution in [-0.2, 0) is 4.57 Å². The molecule has 144 valence electrons. The standard InChI is InChI=1S/C22H20FO4P/c1-16-3-11-20(12-4-16)26-28(25,27-21-13-5-17(2)6-14-21)15-22(24)18-7-9-19(23)10-8-18/h3-14H,15H2,1-2H3. The van der Waals surface area contributed by atoms with Crippen molar-refractivity contribution >= 4 is 13.4 Å². The molecule has 0 aliphatic rings. The van der Waals surface area contributed by atoms with Crippen molar-refractivity contribution in [2.75, 3.05) is 6.16 Å². The second-order valence-corrected chi connectivity index (χ2v) is 8.41. The second-order valence-electron chi connectivity index (χ2n) is 6.51. The van der Waals surface area contributed by atoms with E-state index in [0.29, 0.717) is 11.5 Å². The molecule has 0 radical (unpaired) electrons. The Morgan fingerprint density at radius 2 is 1.21 bits per heavy atom. The number of carbonyl (C=O) groups is 1. The molecule has 0 spiro atoms. The first kappa shape index (κ1) is 19.8. The minimum Gasteiger partial charge on any atom is -0.416 e. The first-order chi connectivity index (χ1) is 13.3. The number of benzene rings is 3. The molecule has 0 fully saturated rings. The van der Waals surface area contributed by atoms with Gasteiger partial charge in [-0.15, -0.1) is 0 Å². The molecule has 3 aromatic carbocycles. The maximum atomic E-state index is 13.4. The maximum Gasteiger partial charge on any atom is 0.438 e. The Labute approximate surface area is 163 Å². The minimum absolute atomic E-state index is 0.238. The Balaban J connectivity index is 1.87. The number of rotatable bonds is 7. The van der Waals surface area contributed by atoms with Crippen molar-refractivity contribution in [2.45, 2.75) is 13.8 Å². The van der Waals surface area contributed by atoms with Crippen molar-refractivity contribution < 1.29 is 22.8 Å². The van der Waals surface area contributed by atoms with Gasteiger partial charge in [-0.05, 0) is 62.4 Å². The summed E-state index contributed by atoms with van der Waals surface area (Å²) in [5, 5.41) is 0. The highest BCUT2D eigenvalue weighted by molar-refractivity contribution is 7.55. The zero-order valence-electron chi connectivity index (χ0n) is 15.6. The highest BCUT2D eigenvalue weighted by Crippen LogP contribution is 2.49. The van der Waals surface area contributed by atoms with Crippen LogP contribution < -0.4 is 9.05 Å². The third-order valence-corrected chi connectivity index (χ3v) is 5.69. The lowest BCUT2D eigenvalue weighted by Crippen LogP contribution is -2.13. The SMILES string of the molecule is Cc1ccc(OP(=O)(CC(=O)c2ccc(F)cc2)Oc2ccc(C)cc2)cc1. The monoisotopic (exact) mass is 398 g/mol. The van der Waals surface area contributed by atoms with E-state index in [-0.39, 0.29) is 5.56 Å². The van der Waals surface area contributed by atoms with Gasteiger partial charge < -0.3 is 9.05 Å². The predicted molar refractivity (Wildman–Crippen MR) is 107 cm³/mol. The van der Waals surface area contributed by atoms with Crippen LogP contribution in [0.4, 0.5) is 4.39 Å². The predicted octanol–water partition coefficient (Wildman–Crippen LogP) is 5.98. The fourth-order valence-corrected chi connectivity index (χ4v) is 4.09. The molecule has 0 aromatic heterocycles. The Bertz CT molecular complexity index is 945. The number of ketones is 1. The fourth-order valence-electron chi connectivity index (χ4n) is 2.51. The number of aryl methyl sites for hydroxylation is 2. The molecule has 0 aliphatic carbocycles. The van der Waals surface area contributed by atoms with Gasteiger partial charge in [0.2, 0.25) is 0 Å². The molecule has 3 aromatic rings. The number of hydrogen-bond donors (Lipinski definition) is 0. The molecular formula is C22H20FO4P. The molecule has 0 heterocycles. The van der Waals surface area contributed by atoms with Crippen molar-refractivity contribution in [3.63, 3.8) is 0 Å². The Morgan fingerprint density at radius 1 is 0.786 bits per heavy atom. The van der Waals surface area contributed by atoms with Crippen LogP contribution in [0.1, 0.15) is 21.5 Å². The van der Waals surface area contributed by atoms with Crippen molar-refractivity contribution in [2.24, 2.45) is 0 Å². The Hall–Kier alpha value is -2.91. The quantitative estimate of drug-likeness (QED) is 0.363. The van der Waals surface area contributed by atoms with E-state index in [9.17, 15) is 13.8 Å². The third-order valence-electron chi connectivity index (χ3n) is 4.03. The first-order valence-electron chi connectivity index (χ1n) is 8.73. The van der Waals surface area contributed by atoms with E-state index in [4.69, 9.17) is 9.05 Å². The van der Waals surface area contributed by atoms with Crippen molar-refractivity contribution in [1.82, 2.24) is 0 Å². The number of halogens is 1. The van der Waals surface area contributed by atoms with Crippen LogP contribution >= 0.6 is 7.60 Å². The molecule has 0 bridgehead atoms. The van der Waals surface area contributed by atoms with Gasteiger partial charge in [-0.25, -0.2) is 8.96 Å². The molecule has 3 rings (SSSR count). The van der Waals surface area contributed by atoms with Gasteiger partial charge in [0.15, 0.2) is 5.78 Å². The Kier molecular flexibility index (Phi) is 5.96.